The van der Waals surface area contributed by atoms with Gasteiger partial charge in [0.1, 0.15) is 6.61 Å². The third-order valence-corrected chi connectivity index (χ3v) is 19.3. The number of unbranched alkanes of at least 4 members (excludes halogenated alkanes) is 22. The number of ether oxygens (including phenoxy) is 2. The van der Waals surface area contributed by atoms with E-state index < -0.39 is 32.5 Å². The molecule has 4 aliphatic carbocycles. The number of hydrogen-bond donors (Lipinski definition) is 5. The summed E-state index contributed by atoms with van der Waals surface area (Å²) in [5, 5.41) is 18.0. The second kappa shape index (κ2) is 44.6. The number of carbonyl (C=O) groups is 2. The van der Waals surface area contributed by atoms with E-state index in [1.165, 1.54) is 148 Å². The summed E-state index contributed by atoms with van der Waals surface area (Å²) in [5.74, 6) is 4.56. The molecule has 468 valence electrons. The number of phosphoric ester groups is 1. The van der Waals surface area contributed by atoms with Crippen molar-refractivity contribution in [3.05, 3.63) is 36.0 Å². The van der Waals surface area contributed by atoms with Gasteiger partial charge in [0.15, 0.2) is 6.10 Å². The standard InChI is InChI=1S/C39H73O8P.C27H46O.C2H7NO/c1-3-5-7-9-11-13-15-17-19-21-23-25-27-29-31-33-38(40)45-35-37(36-46-48(42,43)44)47-39(41)34-32-30-28-26-24-22-20-18-16-14-12-10-8-6-4-2;1-18(2)7-6-8-19(3)23-11-12-24-22-10-9-20-17-21(28)13-15-26(20,4)25(22)14-16-27(23,24)5;3-1-2-4/h17-20,37H,3-16,21-36H2,1-2H3,(H2,42,43,44);9,18-19,21-25,28H,6-8,10-17H2,1-5H3;4H,1-3H2/b19-17-,20-18-;;/t;19?,21-,22-,23+,24-,25-,26-,27+;/m.0./s1. The van der Waals surface area contributed by atoms with E-state index in [4.69, 9.17) is 30.1 Å². The van der Waals surface area contributed by atoms with Crippen LogP contribution >= 0.6 is 7.82 Å². The van der Waals surface area contributed by atoms with E-state index in [1.807, 2.05) is 0 Å². The Balaban J connectivity index is 0.000000568. The number of nitrogens with two attached hydrogens (primary N) is 1. The lowest BCUT2D eigenvalue weighted by molar-refractivity contribution is -0.161. The van der Waals surface area contributed by atoms with Crippen molar-refractivity contribution in [1.29, 1.82) is 0 Å². The third-order valence-electron chi connectivity index (χ3n) is 18.9. The smallest absolute Gasteiger partial charge is 0.462 e. The molecule has 4 aliphatic rings. The molecule has 12 heteroatoms. The molecule has 80 heavy (non-hydrogen) atoms. The largest absolute Gasteiger partial charge is 0.469 e. The van der Waals surface area contributed by atoms with Gasteiger partial charge in [0.25, 0.3) is 0 Å². The number of esters is 2. The van der Waals surface area contributed by atoms with Gasteiger partial charge in [-0.3, -0.25) is 14.1 Å². The summed E-state index contributed by atoms with van der Waals surface area (Å²) in [6.07, 6.45) is 56.1. The van der Waals surface area contributed by atoms with Gasteiger partial charge in [0, 0.05) is 19.4 Å². The average Bonchev–Trinajstić information content (AvgIpc) is 4.01. The maximum Gasteiger partial charge on any atom is 0.469 e. The molecule has 0 bridgehead atoms. The summed E-state index contributed by atoms with van der Waals surface area (Å²) in [4.78, 5) is 42.7. The van der Waals surface area contributed by atoms with Crippen molar-refractivity contribution in [2.75, 3.05) is 26.4 Å². The Hall–Kier alpha value is -1.85. The van der Waals surface area contributed by atoms with E-state index in [0.29, 0.717) is 30.2 Å². The molecular formula is C68H126NO10P. The lowest BCUT2D eigenvalue weighted by Gasteiger charge is -2.58. The zero-order chi connectivity index (χ0) is 58.9. The zero-order valence-corrected chi connectivity index (χ0v) is 53.6. The minimum atomic E-state index is -4.75. The number of carbonyl (C=O) groups excluding carboxylic acids is 2. The molecule has 3 saturated carbocycles. The topological polar surface area (TPSA) is 186 Å². The first-order chi connectivity index (χ1) is 38.4. The number of phosphoric acid groups is 1. The van der Waals surface area contributed by atoms with Crippen LogP contribution in [-0.2, 0) is 28.2 Å². The average molecular weight is 1150 g/mol. The van der Waals surface area contributed by atoms with Gasteiger partial charge in [-0.25, -0.2) is 4.57 Å². The molecule has 3 fully saturated rings. The number of aliphatic hydroxyl groups excluding tert-OH is 2. The van der Waals surface area contributed by atoms with Gasteiger partial charge in [-0.15, -0.1) is 0 Å². The molecule has 0 aromatic heterocycles. The molecule has 0 radical (unpaired) electrons. The fourth-order valence-electron chi connectivity index (χ4n) is 14.1. The van der Waals surface area contributed by atoms with Crippen LogP contribution in [0.25, 0.3) is 0 Å². The number of allylic oxidation sites excluding steroid dienone is 5. The van der Waals surface area contributed by atoms with Crippen molar-refractivity contribution in [2.45, 2.75) is 311 Å². The number of hydrogen-bond acceptors (Lipinski definition) is 9. The maximum atomic E-state index is 12.4. The Bertz CT molecular complexity index is 1710. The Morgan fingerprint density at radius 3 is 1.66 bits per heavy atom. The van der Waals surface area contributed by atoms with Crippen LogP contribution in [0.15, 0.2) is 36.0 Å². The van der Waals surface area contributed by atoms with Crippen LogP contribution in [0.1, 0.15) is 299 Å². The van der Waals surface area contributed by atoms with E-state index >= 15 is 0 Å². The lowest BCUT2D eigenvalue weighted by atomic mass is 9.47. The summed E-state index contributed by atoms with van der Waals surface area (Å²) < 4.78 is 26.3. The number of fused-ring (bicyclic) bond motifs is 5. The van der Waals surface area contributed by atoms with E-state index in [1.54, 1.807) is 5.57 Å². The Kier molecular flexibility index (Phi) is 41.4. The van der Waals surface area contributed by atoms with Gasteiger partial charge >= 0.3 is 19.8 Å². The first-order valence-electron chi connectivity index (χ1n) is 33.5. The van der Waals surface area contributed by atoms with Crippen molar-refractivity contribution >= 4 is 19.8 Å². The summed E-state index contributed by atoms with van der Waals surface area (Å²) in [6, 6.07) is 0. The summed E-state index contributed by atoms with van der Waals surface area (Å²) in [7, 11) is -4.75. The van der Waals surface area contributed by atoms with E-state index in [9.17, 15) is 19.3 Å². The van der Waals surface area contributed by atoms with Crippen LogP contribution in [-0.4, -0.2) is 70.5 Å². The minimum Gasteiger partial charge on any atom is -0.462 e. The maximum absolute atomic E-state index is 12.4. The van der Waals surface area contributed by atoms with Crippen molar-refractivity contribution in [1.82, 2.24) is 0 Å². The Labute approximate surface area is 491 Å². The predicted molar refractivity (Wildman–Crippen MR) is 333 cm³/mol. The second-order valence-corrected chi connectivity index (χ2v) is 27.2. The SMILES string of the molecule is CC(C)CCCC(C)[C@H]1CC[C@H]2[C@@H]3CC=C4C[C@@H](O)CC[C@]4(C)[C@H]3CC[C@]12C.CCCCCCCC/C=C\CCCCCCCC(=O)OCC(COP(=O)(O)O)OC(=O)CCCCCCC/C=C\CCCCCCCC.NCCO. The highest BCUT2D eigenvalue weighted by molar-refractivity contribution is 7.46. The van der Waals surface area contributed by atoms with Crippen LogP contribution in [0.4, 0.5) is 0 Å². The van der Waals surface area contributed by atoms with Crippen LogP contribution in [0.5, 0.6) is 0 Å². The second-order valence-electron chi connectivity index (χ2n) is 25.9. The van der Waals surface area contributed by atoms with Crippen LogP contribution in [0.3, 0.4) is 0 Å². The molecule has 0 spiro atoms. The fourth-order valence-corrected chi connectivity index (χ4v) is 14.5. The summed E-state index contributed by atoms with van der Waals surface area (Å²) in [5.41, 5.74) is 7.38. The highest BCUT2D eigenvalue weighted by atomic mass is 31.2. The first kappa shape index (κ1) is 74.3. The van der Waals surface area contributed by atoms with Crippen LogP contribution in [0, 0.1) is 46.3 Å². The van der Waals surface area contributed by atoms with Gasteiger partial charge in [-0.1, -0.05) is 206 Å². The van der Waals surface area contributed by atoms with Gasteiger partial charge < -0.3 is 35.2 Å². The molecule has 0 aliphatic heterocycles. The predicted octanol–water partition coefficient (Wildman–Crippen LogP) is 18.0. The first-order valence-corrected chi connectivity index (χ1v) is 35.0. The van der Waals surface area contributed by atoms with Crippen LogP contribution < -0.4 is 5.73 Å². The molecular weight excluding hydrogens is 1020 g/mol. The Morgan fingerprint density at radius 2 is 1.16 bits per heavy atom. The van der Waals surface area contributed by atoms with Gasteiger partial charge in [-0.05, 0) is 162 Å². The Morgan fingerprint density at radius 1 is 0.662 bits per heavy atom. The van der Waals surface area contributed by atoms with Gasteiger partial charge in [0.05, 0.1) is 19.3 Å². The molecule has 6 N–H and O–H groups in total. The number of aliphatic hydroxyl groups is 2. The van der Waals surface area contributed by atoms with Gasteiger partial charge in [0.2, 0.25) is 0 Å². The minimum absolute atomic E-state index is 0.0766. The van der Waals surface area contributed by atoms with Crippen molar-refractivity contribution in [3.8, 4) is 0 Å². The molecule has 0 aromatic carbocycles. The van der Waals surface area contributed by atoms with E-state index in [0.717, 1.165) is 113 Å². The molecule has 9 atom stereocenters. The third kappa shape index (κ3) is 31.9. The monoisotopic (exact) mass is 1150 g/mol. The summed E-state index contributed by atoms with van der Waals surface area (Å²) in [6.45, 7) is 16.7. The van der Waals surface area contributed by atoms with Crippen molar-refractivity contribution in [3.63, 3.8) is 0 Å². The molecule has 0 saturated heterocycles. The highest BCUT2D eigenvalue weighted by Gasteiger charge is 2.59. The van der Waals surface area contributed by atoms with E-state index in [-0.39, 0.29) is 32.2 Å². The zero-order valence-electron chi connectivity index (χ0n) is 52.7. The van der Waals surface area contributed by atoms with Crippen LogP contribution in [0.2, 0.25) is 0 Å². The van der Waals surface area contributed by atoms with Crippen molar-refractivity contribution < 1.29 is 48.2 Å². The fraction of sp³-hybridized carbons (Fsp3) is 0.882. The lowest BCUT2D eigenvalue weighted by Crippen LogP contribution is -2.50. The van der Waals surface area contributed by atoms with Gasteiger partial charge in [-0.2, -0.15) is 0 Å². The summed E-state index contributed by atoms with van der Waals surface area (Å²) >= 11 is 0. The molecule has 2 unspecified atom stereocenters. The normalized spacial score (nSPS) is 24.3. The van der Waals surface area contributed by atoms with E-state index in [2.05, 4.69) is 83.4 Å². The molecule has 0 amide bonds. The quantitative estimate of drug-likeness (QED) is 0.0170. The number of rotatable bonds is 42. The molecule has 11 nitrogen and oxygen atoms in total. The molecule has 4 rings (SSSR count). The molecule has 0 aromatic rings. The highest BCUT2D eigenvalue weighted by Crippen LogP contribution is 2.67. The molecule has 0 heterocycles. The van der Waals surface area contributed by atoms with Crippen molar-refractivity contribution in [2.24, 2.45) is 52.1 Å².